The van der Waals surface area contributed by atoms with Gasteiger partial charge < -0.3 is 16.2 Å². The number of aliphatic hydroxyl groups excluding tert-OH is 1. The number of hydrogen-bond donors (Lipinski definition) is 3. The number of nitrogens with two attached hydrogens (primary N) is 1. The number of rotatable bonds is 4. The van der Waals surface area contributed by atoms with Crippen molar-refractivity contribution >= 4 is 5.91 Å². The van der Waals surface area contributed by atoms with Crippen LogP contribution in [-0.2, 0) is 4.79 Å². The Kier molecular flexibility index (Phi) is 4.35. The molecule has 1 fully saturated rings. The maximum absolute atomic E-state index is 11.4. The van der Waals surface area contributed by atoms with E-state index in [2.05, 4.69) is 5.32 Å². The predicted molar refractivity (Wildman–Crippen MR) is 54.6 cm³/mol. The molecule has 14 heavy (non-hydrogen) atoms. The summed E-state index contributed by atoms with van der Waals surface area (Å²) in [6.45, 7) is 1.99. The molecule has 0 aromatic heterocycles. The first-order valence-electron chi connectivity index (χ1n) is 5.29. The summed E-state index contributed by atoms with van der Waals surface area (Å²) in [5.74, 6) is 0.248. The van der Waals surface area contributed by atoms with Gasteiger partial charge in [-0.15, -0.1) is 0 Å². The van der Waals surface area contributed by atoms with Gasteiger partial charge in [0.05, 0.1) is 0 Å². The number of carbonyl (C=O) groups excluding carboxylic acids is 1. The minimum Gasteiger partial charge on any atom is -0.396 e. The van der Waals surface area contributed by atoms with Crippen LogP contribution in [0.4, 0.5) is 0 Å². The first-order valence-corrected chi connectivity index (χ1v) is 5.29. The van der Waals surface area contributed by atoms with Gasteiger partial charge in [0, 0.05) is 31.0 Å². The lowest BCUT2D eigenvalue weighted by Crippen LogP contribution is -2.40. The molecule has 1 amide bonds. The maximum atomic E-state index is 11.4. The third-order valence-electron chi connectivity index (χ3n) is 2.75. The molecule has 3 unspecified atom stereocenters. The Balaban J connectivity index is 2.32. The minimum absolute atomic E-state index is 0.00495. The fourth-order valence-corrected chi connectivity index (χ4v) is 2.00. The Labute approximate surface area is 84.9 Å². The smallest absolute Gasteiger partial charge is 0.221 e. The van der Waals surface area contributed by atoms with Crippen LogP contribution < -0.4 is 11.1 Å². The molecule has 0 aromatic carbocycles. The summed E-state index contributed by atoms with van der Waals surface area (Å²) in [7, 11) is 0. The molecule has 0 heterocycles. The van der Waals surface area contributed by atoms with E-state index >= 15 is 0 Å². The molecule has 4 N–H and O–H groups in total. The van der Waals surface area contributed by atoms with Gasteiger partial charge >= 0.3 is 0 Å². The second-order valence-corrected chi connectivity index (χ2v) is 4.23. The van der Waals surface area contributed by atoms with E-state index in [1.807, 2.05) is 6.92 Å². The molecule has 1 aliphatic carbocycles. The summed E-state index contributed by atoms with van der Waals surface area (Å²) in [6, 6.07) is 0.0650. The van der Waals surface area contributed by atoms with Crippen LogP contribution in [0.5, 0.6) is 0 Å². The van der Waals surface area contributed by atoms with Crippen molar-refractivity contribution in [3.63, 3.8) is 0 Å². The summed E-state index contributed by atoms with van der Waals surface area (Å²) in [5.41, 5.74) is 5.52. The Hall–Kier alpha value is -0.610. The van der Waals surface area contributed by atoms with Crippen LogP contribution in [0.2, 0.25) is 0 Å². The summed E-state index contributed by atoms with van der Waals surface area (Å²) in [5, 5.41) is 12.0. The van der Waals surface area contributed by atoms with Crippen LogP contribution in [-0.4, -0.2) is 29.7 Å². The van der Waals surface area contributed by atoms with E-state index in [1.54, 1.807) is 0 Å². The molecular weight excluding hydrogens is 180 g/mol. The molecule has 1 saturated carbocycles. The van der Waals surface area contributed by atoms with Crippen LogP contribution in [0.1, 0.15) is 32.6 Å². The highest BCUT2D eigenvalue weighted by atomic mass is 16.3. The van der Waals surface area contributed by atoms with E-state index in [1.165, 1.54) is 0 Å². The van der Waals surface area contributed by atoms with E-state index in [-0.39, 0.29) is 30.5 Å². The average Bonchev–Trinajstić information content (AvgIpc) is 2.50. The average molecular weight is 200 g/mol. The normalized spacial score (nSPS) is 28.8. The van der Waals surface area contributed by atoms with Gasteiger partial charge in [-0.1, -0.05) is 6.42 Å². The Bertz CT molecular complexity index is 195. The highest BCUT2D eigenvalue weighted by Gasteiger charge is 2.27. The SMILES string of the molecule is CC(N)CC(=O)NC1CCCC1CO. The van der Waals surface area contributed by atoms with Gasteiger partial charge in [0.15, 0.2) is 0 Å². The summed E-state index contributed by atoms with van der Waals surface area (Å²) in [6.07, 6.45) is 3.46. The molecule has 1 aliphatic rings. The zero-order valence-corrected chi connectivity index (χ0v) is 8.70. The second-order valence-electron chi connectivity index (χ2n) is 4.23. The fraction of sp³-hybridized carbons (Fsp3) is 0.900. The molecular formula is C10H20N2O2. The standard InChI is InChI=1S/C10H20N2O2/c1-7(11)5-10(14)12-9-4-2-3-8(9)6-13/h7-9,13H,2-6,11H2,1H3,(H,12,14). The van der Waals surface area contributed by atoms with Crippen molar-refractivity contribution in [1.29, 1.82) is 0 Å². The van der Waals surface area contributed by atoms with Crippen molar-refractivity contribution in [3.8, 4) is 0 Å². The van der Waals surface area contributed by atoms with Crippen LogP contribution in [0.15, 0.2) is 0 Å². The van der Waals surface area contributed by atoms with Crippen LogP contribution in [0.3, 0.4) is 0 Å². The van der Waals surface area contributed by atoms with Crippen molar-refractivity contribution in [2.24, 2.45) is 11.7 Å². The molecule has 0 spiro atoms. The second kappa shape index (κ2) is 5.32. The minimum atomic E-state index is -0.0935. The molecule has 82 valence electrons. The number of aliphatic hydroxyl groups is 1. The molecule has 3 atom stereocenters. The lowest BCUT2D eigenvalue weighted by atomic mass is 10.0. The Morgan fingerprint density at radius 1 is 1.64 bits per heavy atom. The van der Waals surface area contributed by atoms with Crippen molar-refractivity contribution in [3.05, 3.63) is 0 Å². The van der Waals surface area contributed by atoms with Gasteiger partial charge in [0.1, 0.15) is 0 Å². The molecule has 0 saturated heterocycles. The zero-order valence-electron chi connectivity index (χ0n) is 8.70. The summed E-state index contributed by atoms with van der Waals surface area (Å²) < 4.78 is 0. The van der Waals surface area contributed by atoms with Gasteiger partial charge in [0.2, 0.25) is 5.91 Å². The van der Waals surface area contributed by atoms with Gasteiger partial charge in [-0.2, -0.15) is 0 Å². The third kappa shape index (κ3) is 3.27. The summed E-state index contributed by atoms with van der Waals surface area (Å²) >= 11 is 0. The topological polar surface area (TPSA) is 75.4 Å². The Morgan fingerprint density at radius 2 is 2.36 bits per heavy atom. The predicted octanol–water partition coefficient (Wildman–Crippen LogP) is 0.000900. The third-order valence-corrected chi connectivity index (χ3v) is 2.75. The highest BCUT2D eigenvalue weighted by Crippen LogP contribution is 2.24. The number of amides is 1. The first kappa shape index (κ1) is 11.5. The zero-order chi connectivity index (χ0) is 10.6. The fourth-order valence-electron chi connectivity index (χ4n) is 2.00. The number of carbonyl (C=O) groups is 1. The van der Waals surface area contributed by atoms with Crippen LogP contribution in [0.25, 0.3) is 0 Å². The van der Waals surface area contributed by atoms with Crippen molar-refractivity contribution in [1.82, 2.24) is 5.32 Å². The molecule has 0 bridgehead atoms. The van der Waals surface area contributed by atoms with E-state index in [9.17, 15) is 4.79 Å². The molecule has 0 aromatic rings. The molecule has 4 nitrogen and oxygen atoms in total. The first-order chi connectivity index (χ1) is 6.63. The van der Waals surface area contributed by atoms with E-state index in [0.29, 0.717) is 6.42 Å². The lowest BCUT2D eigenvalue weighted by molar-refractivity contribution is -0.122. The van der Waals surface area contributed by atoms with Crippen molar-refractivity contribution in [2.75, 3.05) is 6.61 Å². The van der Waals surface area contributed by atoms with E-state index < -0.39 is 0 Å². The highest BCUT2D eigenvalue weighted by molar-refractivity contribution is 5.76. The molecule has 1 rings (SSSR count). The molecule has 0 radical (unpaired) electrons. The number of hydrogen-bond acceptors (Lipinski definition) is 3. The van der Waals surface area contributed by atoms with E-state index in [0.717, 1.165) is 19.3 Å². The summed E-state index contributed by atoms with van der Waals surface area (Å²) in [4.78, 5) is 11.4. The van der Waals surface area contributed by atoms with Crippen molar-refractivity contribution in [2.45, 2.75) is 44.7 Å². The lowest BCUT2D eigenvalue weighted by Gasteiger charge is -2.19. The van der Waals surface area contributed by atoms with Crippen LogP contribution in [0, 0.1) is 5.92 Å². The quantitative estimate of drug-likeness (QED) is 0.598. The van der Waals surface area contributed by atoms with Gasteiger partial charge in [-0.25, -0.2) is 0 Å². The number of nitrogens with one attached hydrogen (secondary N) is 1. The molecule has 4 heteroatoms. The monoisotopic (exact) mass is 200 g/mol. The molecule has 0 aliphatic heterocycles. The van der Waals surface area contributed by atoms with E-state index in [4.69, 9.17) is 10.8 Å². The van der Waals surface area contributed by atoms with Crippen molar-refractivity contribution < 1.29 is 9.90 Å². The van der Waals surface area contributed by atoms with Gasteiger partial charge in [-0.3, -0.25) is 4.79 Å². The maximum Gasteiger partial charge on any atom is 0.221 e. The largest absolute Gasteiger partial charge is 0.396 e. The van der Waals surface area contributed by atoms with Gasteiger partial charge in [-0.05, 0) is 19.8 Å². The Morgan fingerprint density at radius 3 is 2.93 bits per heavy atom. The van der Waals surface area contributed by atoms with Crippen LogP contribution >= 0.6 is 0 Å². The van der Waals surface area contributed by atoms with Gasteiger partial charge in [0.25, 0.3) is 0 Å².